The second-order valence-corrected chi connectivity index (χ2v) is 7.60. The van der Waals surface area contributed by atoms with Gasteiger partial charge in [-0.3, -0.25) is 14.5 Å². The molecule has 1 aromatic carbocycles. The number of amides is 2. The Bertz CT molecular complexity index is 773. The number of carbonyl (C=O) groups excluding carboxylic acids is 2. The molecule has 5 aliphatic rings. The van der Waals surface area contributed by atoms with Crippen LogP contribution in [0, 0.1) is 23.7 Å². The summed E-state index contributed by atoms with van der Waals surface area (Å²) >= 11 is 6.36. The third-order valence-electron chi connectivity index (χ3n) is 5.89. The Morgan fingerprint density at radius 1 is 0.960 bits per heavy atom. The van der Waals surface area contributed by atoms with E-state index >= 15 is 0 Å². The minimum atomic E-state index is -0.188. The molecule has 0 radical (unpaired) electrons. The van der Waals surface area contributed by atoms with Crippen LogP contribution >= 0.6 is 11.6 Å². The fourth-order valence-electron chi connectivity index (χ4n) is 4.69. The smallest absolute Gasteiger partial charge is 0.234 e. The van der Waals surface area contributed by atoms with Gasteiger partial charge in [0.2, 0.25) is 11.8 Å². The van der Waals surface area contributed by atoms with E-state index in [-0.39, 0.29) is 42.0 Å². The maximum atomic E-state index is 12.9. The average Bonchev–Trinajstić information content (AvgIpc) is 2.90. The molecule has 0 spiro atoms. The highest BCUT2D eigenvalue weighted by atomic mass is 35.5. The van der Waals surface area contributed by atoms with Gasteiger partial charge in [0.15, 0.2) is 11.5 Å². The number of hydrogen-bond donors (Lipinski definition) is 0. The first kappa shape index (κ1) is 15.3. The van der Waals surface area contributed by atoms with Crippen LogP contribution in [0.5, 0.6) is 11.5 Å². The third-order valence-corrected chi connectivity index (χ3v) is 6.24. The molecule has 6 rings (SSSR count). The van der Waals surface area contributed by atoms with E-state index in [4.69, 9.17) is 21.1 Å². The number of fused-ring (bicyclic) bond motifs is 2. The standard InChI is InChI=1S/C19H18ClNO4/c20-13-8-15-14(24-5-6-25-15)7-12(13)9-21-18(22)16-10-1-2-11(4-3-10)17(16)19(21)23/h1-2,7-8,10-11,16-17H,3-6,9H2. The molecule has 2 amide bonds. The summed E-state index contributed by atoms with van der Waals surface area (Å²) in [5, 5.41) is 0.487. The van der Waals surface area contributed by atoms with Gasteiger partial charge in [-0.1, -0.05) is 23.8 Å². The minimum Gasteiger partial charge on any atom is -0.486 e. The predicted octanol–water partition coefficient (Wildman–Crippen LogP) is 2.81. The Balaban J connectivity index is 1.45. The summed E-state index contributed by atoms with van der Waals surface area (Å²) in [5.41, 5.74) is 0.714. The molecule has 2 fully saturated rings. The molecule has 1 saturated carbocycles. The van der Waals surface area contributed by atoms with Crippen molar-refractivity contribution in [2.75, 3.05) is 13.2 Å². The zero-order valence-electron chi connectivity index (χ0n) is 13.6. The van der Waals surface area contributed by atoms with Crippen LogP contribution in [0.2, 0.25) is 5.02 Å². The van der Waals surface area contributed by atoms with Gasteiger partial charge in [-0.2, -0.15) is 0 Å². The summed E-state index contributed by atoms with van der Waals surface area (Å²) < 4.78 is 11.1. The van der Waals surface area contributed by atoms with Gasteiger partial charge in [0.1, 0.15) is 13.2 Å². The summed E-state index contributed by atoms with van der Waals surface area (Å²) in [6.07, 6.45) is 6.25. The first-order valence-corrected chi connectivity index (χ1v) is 9.13. The third kappa shape index (κ3) is 2.21. The molecule has 4 unspecified atom stereocenters. The number of likely N-dealkylation sites (tertiary alicyclic amines) is 1. The maximum Gasteiger partial charge on any atom is 0.234 e. The van der Waals surface area contributed by atoms with Crippen LogP contribution in [0.25, 0.3) is 0 Å². The lowest BCUT2D eigenvalue weighted by molar-refractivity contribution is -0.140. The Labute approximate surface area is 150 Å². The topological polar surface area (TPSA) is 55.8 Å². The van der Waals surface area contributed by atoms with Crippen LogP contribution in [-0.2, 0) is 16.1 Å². The molecule has 130 valence electrons. The van der Waals surface area contributed by atoms with E-state index in [0.717, 1.165) is 12.8 Å². The molecule has 0 N–H and O–H groups in total. The SMILES string of the molecule is O=C1C2C3C=CC(CC3)C2C(=O)N1Cc1cc2c(cc1Cl)OCCO2. The highest BCUT2D eigenvalue weighted by Crippen LogP contribution is 2.50. The van der Waals surface area contributed by atoms with Gasteiger partial charge in [0.25, 0.3) is 0 Å². The quantitative estimate of drug-likeness (QED) is 0.602. The first-order valence-electron chi connectivity index (χ1n) is 8.75. The number of nitrogens with zero attached hydrogens (tertiary/aromatic N) is 1. The van der Waals surface area contributed by atoms with Crippen molar-refractivity contribution >= 4 is 23.4 Å². The summed E-state index contributed by atoms with van der Waals surface area (Å²) in [6.45, 7) is 1.17. The summed E-state index contributed by atoms with van der Waals surface area (Å²) in [6, 6.07) is 3.49. The zero-order chi connectivity index (χ0) is 17.1. The minimum absolute atomic E-state index is 0.0556. The molecule has 6 heteroatoms. The van der Waals surface area contributed by atoms with Gasteiger partial charge in [-0.25, -0.2) is 0 Å². The average molecular weight is 360 g/mol. The molecule has 5 nitrogen and oxygen atoms in total. The number of rotatable bonds is 2. The largest absolute Gasteiger partial charge is 0.486 e. The lowest BCUT2D eigenvalue weighted by Gasteiger charge is -2.38. The van der Waals surface area contributed by atoms with Crippen LogP contribution in [0.3, 0.4) is 0 Å². The van der Waals surface area contributed by atoms with Crippen molar-refractivity contribution in [3.8, 4) is 11.5 Å². The molecular formula is C19H18ClNO4. The number of carbonyl (C=O) groups is 2. The van der Waals surface area contributed by atoms with Crippen molar-refractivity contribution in [2.45, 2.75) is 19.4 Å². The van der Waals surface area contributed by atoms with Gasteiger partial charge in [-0.15, -0.1) is 0 Å². The Hall–Kier alpha value is -2.01. The molecule has 0 aromatic heterocycles. The van der Waals surface area contributed by atoms with E-state index in [2.05, 4.69) is 12.2 Å². The second-order valence-electron chi connectivity index (χ2n) is 7.19. The van der Waals surface area contributed by atoms with E-state index in [1.165, 1.54) is 4.90 Å². The van der Waals surface area contributed by atoms with Crippen molar-refractivity contribution in [3.05, 3.63) is 34.9 Å². The fourth-order valence-corrected chi connectivity index (χ4v) is 4.90. The molecular weight excluding hydrogens is 342 g/mol. The Kier molecular flexibility index (Phi) is 3.35. The number of benzene rings is 1. The van der Waals surface area contributed by atoms with E-state index < -0.39 is 0 Å². The molecule has 4 atom stereocenters. The molecule has 2 heterocycles. The molecule has 2 aliphatic heterocycles. The van der Waals surface area contributed by atoms with E-state index in [1.54, 1.807) is 12.1 Å². The predicted molar refractivity (Wildman–Crippen MR) is 90.3 cm³/mol. The van der Waals surface area contributed by atoms with Crippen LogP contribution in [0.1, 0.15) is 18.4 Å². The van der Waals surface area contributed by atoms with Crippen molar-refractivity contribution in [2.24, 2.45) is 23.7 Å². The van der Waals surface area contributed by atoms with Crippen molar-refractivity contribution in [1.29, 1.82) is 0 Å². The van der Waals surface area contributed by atoms with Crippen LogP contribution in [0.15, 0.2) is 24.3 Å². The van der Waals surface area contributed by atoms with E-state index in [0.29, 0.717) is 35.3 Å². The monoisotopic (exact) mass is 359 g/mol. The van der Waals surface area contributed by atoms with Gasteiger partial charge in [0.05, 0.1) is 18.4 Å². The molecule has 1 aromatic rings. The summed E-state index contributed by atoms with van der Waals surface area (Å²) in [4.78, 5) is 27.2. The number of allylic oxidation sites excluding steroid dienone is 2. The molecule has 1 saturated heterocycles. The number of imide groups is 1. The molecule has 25 heavy (non-hydrogen) atoms. The summed E-state index contributed by atoms with van der Waals surface area (Å²) in [7, 11) is 0. The van der Waals surface area contributed by atoms with Crippen molar-refractivity contribution in [1.82, 2.24) is 4.90 Å². The molecule has 2 bridgehead atoms. The van der Waals surface area contributed by atoms with Gasteiger partial charge in [0, 0.05) is 11.1 Å². The first-order chi connectivity index (χ1) is 12.1. The van der Waals surface area contributed by atoms with Crippen LogP contribution in [0.4, 0.5) is 0 Å². The van der Waals surface area contributed by atoms with Crippen LogP contribution in [-0.4, -0.2) is 29.9 Å². The van der Waals surface area contributed by atoms with Gasteiger partial charge < -0.3 is 9.47 Å². The highest BCUT2D eigenvalue weighted by Gasteiger charge is 2.56. The van der Waals surface area contributed by atoms with Crippen molar-refractivity contribution in [3.63, 3.8) is 0 Å². The van der Waals surface area contributed by atoms with Crippen molar-refractivity contribution < 1.29 is 19.1 Å². The molecule has 3 aliphatic carbocycles. The van der Waals surface area contributed by atoms with E-state index in [9.17, 15) is 9.59 Å². The summed E-state index contributed by atoms with van der Waals surface area (Å²) in [5.74, 6) is 1.14. The number of hydrogen-bond acceptors (Lipinski definition) is 4. The Morgan fingerprint density at radius 3 is 2.08 bits per heavy atom. The normalized spacial score (nSPS) is 32.3. The second kappa shape index (κ2) is 5.49. The van der Waals surface area contributed by atoms with Gasteiger partial charge in [-0.05, 0) is 36.3 Å². The van der Waals surface area contributed by atoms with Gasteiger partial charge >= 0.3 is 0 Å². The van der Waals surface area contributed by atoms with E-state index in [1.807, 2.05) is 0 Å². The lowest BCUT2D eigenvalue weighted by atomic mass is 9.63. The number of ether oxygens (including phenoxy) is 2. The highest BCUT2D eigenvalue weighted by molar-refractivity contribution is 6.31. The lowest BCUT2D eigenvalue weighted by Crippen LogP contribution is -2.38. The van der Waals surface area contributed by atoms with Crippen LogP contribution < -0.4 is 9.47 Å². The number of halogens is 1. The fraction of sp³-hybridized carbons (Fsp3) is 0.474. The Morgan fingerprint density at radius 2 is 1.52 bits per heavy atom. The maximum absolute atomic E-state index is 12.9. The zero-order valence-corrected chi connectivity index (χ0v) is 14.4.